The highest BCUT2D eigenvalue weighted by atomic mass is 19.4. The highest BCUT2D eigenvalue weighted by Gasteiger charge is 2.64. The maximum absolute atomic E-state index is 14.0. The molecule has 0 N–H and O–H groups in total. The van der Waals surface area contributed by atoms with Gasteiger partial charge >= 0.3 is 12.1 Å². The second kappa shape index (κ2) is 10.3. The van der Waals surface area contributed by atoms with Gasteiger partial charge in [0.05, 0.1) is 6.10 Å². The van der Waals surface area contributed by atoms with Crippen LogP contribution in [0.1, 0.15) is 51.5 Å². The van der Waals surface area contributed by atoms with Crippen molar-refractivity contribution in [2.24, 2.45) is 0 Å². The van der Waals surface area contributed by atoms with Gasteiger partial charge in [0.25, 0.3) is 5.60 Å². The first-order chi connectivity index (χ1) is 13.8. The summed E-state index contributed by atoms with van der Waals surface area (Å²) in [5.41, 5.74) is -3.52. The number of hydrogen-bond acceptors (Lipinski definition) is 4. The van der Waals surface area contributed by atoms with Crippen molar-refractivity contribution in [2.45, 2.75) is 76.0 Å². The monoisotopic (exact) mass is 414 g/mol. The molecule has 1 saturated heterocycles. The van der Waals surface area contributed by atoms with Crippen molar-refractivity contribution in [3.63, 3.8) is 0 Å². The summed E-state index contributed by atoms with van der Waals surface area (Å²) >= 11 is 0. The van der Waals surface area contributed by atoms with E-state index in [1.807, 2.05) is 0 Å². The van der Waals surface area contributed by atoms with Crippen LogP contribution in [0.3, 0.4) is 0 Å². The topological polar surface area (TPSA) is 48.1 Å². The van der Waals surface area contributed by atoms with Gasteiger partial charge in [0, 0.05) is 12.7 Å². The van der Waals surface area contributed by atoms with E-state index in [9.17, 15) is 18.0 Å². The average Bonchev–Trinajstić information content (AvgIpc) is 3.45. The fourth-order valence-corrected chi connectivity index (χ4v) is 3.45. The molecule has 4 nitrogen and oxygen atoms in total. The van der Waals surface area contributed by atoms with E-state index in [0.717, 1.165) is 39.2 Å². The summed E-state index contributed by atoms with van der Waals surface area (Å²) in [6.45, 7) is 3.83. The number of ether oxygens (including phenoxy) is 3. The Morgan fingerprint density at radius 1 is 1.21 bits per heavy atom. The lowest BCUT2D eigenvalue weighted by molar-refractivity contribution is -0.277. The number of benzene rings is 1. The number of rotatable bonds is 11. The normalized spacial score (nSPS) is 22.3. The number of carbonyl (C=O) groups excluding carboxylic acids is 1. The van der Waals surface area contributed by atoms with Crippen LogP contribution in [0.15, 0.2) is 42.5 Å². The zero-order chi connectivity index (χ0) is 21.5. The molecule has 0 bridgehead atoms. The zero-order valence-electron chi connectivity index (χ0n) is 17.1. The third kappa shape index (κ3) is 5.39. The van der Waals surface area contributed by atoms with E-state index in [-0.39, 0.29) is 11.7 Å². The van der Waals surface area contributed by atoms with E-state index in [1.165, 1.54) is 24.3 Å². The molecule has 4 atom stereocenters. The van der Waals surface area contributed by atoms with E-state index < -0.39 is 30.0 Å². The summed E-state index contributed by atoms with van der Waals surface area (Å²) in [5, 5.41) is 0. The number of unbranched alkanes of at least 4 members (excludes halogenated alkanes) is 3. The molecule has 1 fully saturated rings. The zero-order valence-corrected chi connectivity index (χ0v) is 17.1. The summed E-state index contributed by atoms with van der Waals surface area (Å²) in [4.78, 5) is 12.8. The molecule has 7 heteroatoms. The molecule has 0 aromatic heterocycles. The minimum Gasteiger partial charge on any atom is -0.453 e. The fourth-order valence-electron chi connectivity index (χ4n) is 3.45. The molecule has 0 unspecified atom stereocenters. The van der Waals surface area contributed by atoms with Gasteiger partial charge < -0.3 is 14.2 Å². The van der Waals surface area contributed by atoms with Crippen LogP contribution < -0.4 is 0 Å². The van der Waals surface area contributed by atoms with E-state index in [1.54, 1.807) is 25.1 Å². The van der Waals surface area contributed by atoms with Gasteiger partial charge in [0.2, 0.25) is 0 Å². The number of alkyl halides is 3. The summed E-state index contributed by atoms with van der Waals surface area (Å²) in [6.07, 6.45) is 1.84. The Morgan fingerprint density at radius 3 is 2.45 bits per heavy atom. The van der Waals surface area contributed by atoms with E-state index in [2.05, 4.69) is 6.92 Å². The van der Waals surface area contributed by atoms with Gasteiger partial charge in [-0.15, -0.1) is 0 Å². The number of allylic oxidation sites excluding steroid dienone is 1. The van der Waals surface area contributed by atoms with Crippen LogP contribution in [0, 0.1) is 0 Å². The smallest absolute Gasteiger partial charge is 0.432 e. The Kier molecular flexibility index (Phi) is 8.28. The number of epoxide rings is 1. The van der Waals surface area contributed by atoms with Crippen molar-refractivity contribution in [3.8, 4) is 0 Å². The van der Waals surface area contributed by atoms with Crippen LogP contribution in [0.5, 0.6) is 0 Å². The molecular weight excluding hydrogens is 385 g/mol. The molecule has 29 heavy (non-hydrogen) atoms. The maximum Gasteiger partial charge on any atom is 0.432 e. The average molecular weight is 414 g/mol. The van der Waals surface area contributed by atoms with Gasteiger partial charge in [-0.1, -0.05) is 69.0 Å². The molecule has 0 saturated carbocycles. The Balaban J connectivity index is 2.16. The summed E-state index contributed by atoms with van der Waals surface area (Å²) < 4.78 is 57.7. The molecule has 1 aliphatic rings. The van der Waals surface area contributed by atoms with Gasteiger partial charge in [-0.25, -0.2) is 4.79 Å². The highest BCUT2D eigenvalue weighted by molar-refractivity contribution is 5.83. The third-order valence-electron chi connectivity index (χ3n) is 5.09. The molecule has 1 aliphatic heterocycles. The predicted octanol–water partition coefficient (Wildman–Crippen LogP) is 5.32. The van der Waals surface area contributed by atoms with Crippen molar-refractivity contribution in [3.05, 3.63) is 48.0 Å². The first kappa shape index (κ1) is 23.4. The highest BCUT2D eigenvalue weighted by Crippen LogP contribution is 2.44. The Labute approximate surface area is 170 Å². The van der Waals surface area contributed by atoms with Crippen molar-refractivity contribution in [1.29, 1.82) is 0 Å². The van der Waals surface area contributed by atoms with Crippen LogP contribution >= 0.6 is 0 Å². The van der Waals surface area contributed by atoms with Crippen LogP contribution in [0.4, 0.5) is 13.2 Å². The molecule has 1 heterocycles. The molecule has 1 aromatic rings. The molecule has 162 valence electrons. The molecule has 0 amide bonds. The Hall–Kier alpha value is -1.86. The molecular formula is C22H29F3O4. The maximum atomic E-state index is 14.0. The van der Waals surface area contributed by atoms with Gasteiger partial charge in [-0.05, 0) is 19.4 Å². The van der Waals surface area contributed by atoms with Crippen molar-refractivity contribution < 1.29 is 32.2 Å². The van der Waals surface area contributed by atoms with Crippen LogP contribution in [0.2, 0.25) is 0 Å². The molecule has 0 aliphatic carbocycles. The summed E-state index contributed by atoms with van der Waals surface area (Å²) in [6, 6.07) is 6.80. The second-order valence-corrected chi connectivity index (χ2v) is 7.13. The minimum atomic E-state index is -5.00. The predicted molar refractivity (Wildman–Crippen MR) is 103 cm³/mol. The number of methoxy groups -OCH3 is 1. The minimum absolute atomic E-state index is 0.111. The number of hydrogen-bond donors (Lipinski definition) is 0. The Morgan fingerprint density at radius 2 is 1.90 bits per heavy atom. The van der Waals surface area contributed by atoms with Crippen molar-refractivity contribution >= 4 is 5.97 Å². The number of esters is 1. The number of carbonyl (C=O) groups is 1. The van der Waals surface area contributed by atoms with Gasteiger partial charge in [-0.3, -0.25) is 0 Å². The quantitative estimate of drug-likeness (QED) is 0.213. The van der Waals surface area contributed by atoms with Crippen molar-refractivity contribution in [2.75, 3.05) is 7.11 Å². The SMILES string of the molecule is C/C=C/[C@H](OC(=O)[C@](OC)(c1ccccc1)C(F)(F)F)[C@H]1O[C@H]1CCCCCC. The van der Waals surface area contributed by atoms with Crippen LogP contribution in [-0.2, 0) is 24.6 Å². The Bertz CT molecular complexity index is 674. The van der Waals surface area contributed by atoms with E-state index >= 15 is 0 Å². The molecule has 0 radical (unpaired) electrons. The van der Waals surface area contributed by atoms with Crippen molar-refractivity contribution in [1.82, 2.24) is 0 Å². The standard InChI is InChI=1S/C22H29F3O4/c1-4-6-7-11-15-18-19(28-18)17(12-5-2)29-20(26)21(27-3,22(23,24)25)16-13-9-8-10-14-16/h5,8-10,12-14,17-19H,4,6-7,11,15H2,1-3H3/b12-5+/t17-,18-,19+,21+/m0/s1. The summed E-state index contributed by atoms with van der Waals surface area (Å²) in [7, 11) is 0.858. The van der Waals surface area contributed by atoms with E-state index in [0.29, 0.717) is 0 Å². The summed E-state index contributed by atoms with van der Waals surface area (Å²) in [5.74, 6) is -1.50. The lowest BCUT2D eigenvalue weighted by atomic mass is 9.92. The second-order valence-electron chi connectivity index (χ2n) is 7.13. The first-order valence-corrected chi connectivity index (χ1v) is 9.98. The fraction of sp³-hybridized carbons (Fsp3) is 0.591. The molecule has 0 spiro atoms. The third-order valence-corrected chi connectivity index (χ3v) is 5.09. The van der Waals surface area contributed by atoms with Crippen LogP contribution in [0.25, 0.3) is 0 Å². The van der Waals surface area contributed by atoms with Gasteiger partial charge in [0.1, 0.15) is 12.2 Å². The van der Waals surface area contributed by atoms with Gasteiger partial charge in [0.15, 0.2) is 0 Å². The van der Waals surface area contributed by atoms with Crippen LogP contribution in [-0.4, -0.2) is 37.6 Å². The number of halogens is 3. The lowest BCUT2D eigenvalue weighted by Gasteiger charge is -2.33. The molecule has 2 rings (SSSR count). The largest absolute Gasteiger partial charge is 0.453 e. The van der Waals surface area contributed by atoms with E-state index in [4.69, 9.17) is 14.2 Å². The molecule has 1 aromatic carbocycles. The van der Waals surface area contributed by atoms with Gasteiger partial charge in [-0.2, -0.15) is 13.2 Å². The first-order valence-electron chi connectivity index (χ1n) is 9.98. The lowest BCUT2D eigenvalue weighted by Crippen LogP contribution is -2.52.